The third-order valence-electron chi connectivity index (χ3n) is 3.13. The molecule has 0 aromatic carbocycles. The third-order valence-corrected chi connectivity index (χ3v) is 3.13. The molecule has 0 saturated heterocycles. The molecule has 94 valence electrons. The van der Waals surface area contributed by atoms with Gasteiger partial charge >= 0.3 is 59.1 Å². The van der Waals surface area contributed by atoms with Gasteiger partial charge in [0.1, 0.15) is 0 Å². The molecule has 0 heterocycles. The van der Waals surface area contributed by atoms with Crippen molar-refractivity contribution in [2.75, 3.05) is 0 Å². The maximum Gasteiger partial charge on any atom is 1.00 e. The van der Waals surface area contributed by atoms with Gasteiger partial charge in [0.05, 0.1) is 17.4 Å². The predicted octanol–water partition coefficient (Wildman–Crippen LogP) is -5.89. The summed E-state index contributed by atoms with van der Waals surface area (Å²) in [5.41, 5.74) is -2.82. The van der Waals surface area contributed by atoms with E-state index >= 15 is 0 Å². The zero-order valence-corrected chi connectivity index (χ0v) is 16.5. The summed E-state index contributed by atoms with van der Waals surface area (Å²) in [6, 6.07) is 0. The molecule has 0 unspecified atom stereocenters. The number of hydrogen-bond donors (Lipinski definition) is 0. The fraction of sp³-hybridized carbons (Fsp3) is 0.833. The Morgan fingerprint density at radius 2 is 1.33 bits per heavy atom. The van der Waals surface area contributed by atoms with E-state index in [0.717, 1.165) is 12.8 Å². The van der Waals surface area contributed by atoms with E-state index in [-0.39, 0.29) is 65.5 Å². The molecule has 0 radical (unpaired) electrons. The van der Waals surface area contributed by atoms with Crippen molar-refractivity contribution in [2.24, 2.45) is 10.8 Å². The Bertz CT molecular complexity index is 258. The van der Waals surface area contributed by atoms with Crippen molar-refractivity contribution >= 4 is 11.9 Å². The summed E-state index contributed by atoms with van der Waals surface area (Å²) >= 11 is 0. The molecule has 0 amide bonds. The molecule has 0 rings (SSSR count). The maximum atomic E-state index is 11.2. The summed E-state index contributed by atoms with van der Waals surface area (Å²) in [4.78, 5) is 22.3. The zero-order valence-electron chi connectivity index (χ0n) is 12.5. The van der Waals surface area contributed by atoms with Gasteiger partial charge in [-0.15, -0.1) is 0 Å². The Hall–Kier alpha value is 0.940. The van der Waals surface area contributed by atoms with Crippen LogP contribution in [0.2, 0.25) is 0 Å². The summed E-state index contributed by atoms with van der Waals surface area (Å²) in [5, 5.41) is 22.3. The number of carboxylic acid groups (broad SMARTS) is 2. The number of carbonyl (C=O) groups is 2. The van der Waals surface area contributed by atoms with Gasteiger partial charge in [-0.05, 0) is 11.8 Å². The van der Waals surface area contributed by atoms with Crippen LogP contribution in [-0.2, 0) is 9.59 Å². The second-order valence-corrected chi connectivity index (χ2v) is 5.19. The molecule has 4 nitrogen and oxygen atoms in total. The van der Waals surface area contributed by atoms with E-state index in [1.807, 2.05) is 6.92 Å². The quantitative estimate of drug-likeness (QED) is 0.274. The van der Waals surface area contributed by atoms with Gasteiger partial charge in [0.25, 0.3) is 0 Å². The molecule has 0 aliphatic rings. The van der Waals surface area contributed by atoms with E-state index < -0.39 is 22.8 Å². The molecule has 0 aliphatic carbocycles. The largest absolute Gasteiger partial charge is 1.00 e. The summed E-state index contributed by atoms with van der Waals surface area (Å²) in [5.74, 6) is -3.09. The zero-order chi connectivity index (χ0) is 13.0. The number of carboxylic acids is 2. The topological polar surface area (TPSA) is 80.3 Å². The van der Waals surface area contributed by atoms with Crippen LogP contribution in [0.25, 0.3) is 0 Å². The minimum absolute atomic E-state index is 0. The standard InChI is InChI=1S/C12H22O4.2Na/c1-5-6-7-8-12(9(13)14,10(15)16)11(2,3)4;;/h5-8H2,1-4H3,(H,13,14)(H,15,16);;/q;2*+1/p-2. The van der Waals surface area contributed by atoms with Gasteiger partial charge in [0.2, 0.25) is 0 Å². The van der Waals surface area contributed by atoms with E-state index in [1.54, 1.807) is 20.8 Å². The second kappa shape index (κ2) is 9.78. The van der Waals surface area contributed by atoms with Crippen LogP contribution in [0, 0.1) is 10.8 Å². The fourth-order valence-corrected chi connectivity index (χ4v) is 1.91. The molecule has 0 aliphatic heterocycles. The van der Waals surface area contributed by atoms with Crippen LogP contribution in [0.1, 0.15) is 53.4 Å². The first-order valence-corrected chi connectivity index (χ1v) is 5.63. The molecular weight excluding hydrogens is 254 g/mol. The van der Waals surface area contributed by atoms with Gasteiger partial charge in [-0.1, -0.05) is 47.0 Å². The van der Waals surface area contributed by atoms with Crippen LogP contribution in [0.15, 0.2) is 0 Å². The molecule has 0 spiro atoms. The number of hydrogen-bond acceptors (Lipinski definition) is 4. The Morgan fingerprint density at radius 1 is 0.944 bits per heavy atom. The third kappa shape index (κ3) is 5.51. The molecule has 0 saturated carbocycles. The SMILES string of the molecule is CCCCCC(C(=O)[O-])(C(=O)[O-])C(C)(C)C.[Na+].[Na+]. The van der Waals surface area contributed by atoms with Crippen LogP contribution in [-0.4, -0.2) is 11.9 Å². The van der Waals surface area contributed by atoms with Crippen molar-refractivity contribution in [3.8, 4) is 0 Å². The van der Waals surface area contributed by atoms with Crippen molar-refractivity contribution in [3.63, 3.8) is 0 Å². The van der Waals surface area contributed by atoms with Crippen LogP contribution >= 0.6 is 0 Å². The number of rotatable bonds is 6. The molecule has 0 bridgehead atoms. The Morgan fingerprint density at radius 3 is 1.56 bits per heavy atom. The van der Waals surface area contributed by atoms with E-state index in [9.17, 15) is 19.8 Å². The van der Waals surface area contributed by atoms with Crippen molar-refractivity contribution in [2.45, 2.75) is 53.4 Å². The average molecular weight is 274 g/mol. The average Bonchev–Trinajstić information content (AvgIpc) is 2.08. The first-order valence-electron chi connectivity index (χ1n) is 5.63. The van der Waals surface area contributed by atoms with E-state index in [1.165, 1.54) is 0 Å². The normalized spacial score (nSPS) is 11.1. The van der Waals surface area contributed by atoms with Gasteiger partial charge in [0.15, 0.2) is 0 Å². The monoisotopic (exact) mass is 274 g/mol. The van der Waals surface area contributed by atoms with Gasteiger partial charge in [-0.25, -0.2) is 0 Å². The summed E-state index contributed by atoms with van der Waals surface area (Å²) in [6.45, 7) is 6.73. The van der Waals surface area contributed by atoms with E-state index in [4.69, 9.17) is 0 Å². The molecule has 0 fully saturated rings. The van der Waals surface area contributed by atoms with Crippen LogP contribution in [0.3, 0.4) is 0 Å². The number of unbranched alkanes of at least 4 members (excludes halogenated alkanes) is 2. The van der Waals surface area contributed by atoms with Crippen molar-refractivity contribution in [3.05, 3.63) is 0 Å². The van der Waals surface area contributed by atoms with Crippen LogP contribution < -0.4 is 69.3 Å². The predicted molar refractivity (Wildman–Crippen MR) is 56.0 cm³/mol. The number of aliphatic carboxylic acids is 2. The first-order chi connectivity index (χ1) is 7.20. The molecule has 0 atom stereocenters. The van der Waals surface area contributed by atoms with E-state index in [0.29, 0.717) is 6.42 Å². The first kappa shape index (κ1) is 24.0. The van der Waals surface area contributed by atoms with E-state index in [2.05, 4.69) is 0 Å². The van der Waals surface area contributed by atoms with Gasteiger partial charge in [-0.3, -0.25) is 0 Å². The van der Waals surface area contributed by atoms with Crippen molar-refractivity contribution in [1.82, 2.24) is 0 Å². The Labute approximate surface area is 153 Å². The second-order valence-electron chi connectivity index (χ2n) is 5.19. The Kier molecular flexibility index (Phi) is 13.0. The maximum absolute atomic E-state index is 11.2. The molecule has 18 heavy (non-hydrogen) atoms. The molecule has 6 heteroatoms. The smallest absolute Gasteiger partial charge is 0.549 e. The van der Waals surface area contributed by atoms with Gasteiger partial charge in [0, 0.05) is 0 Å². The molecule has 0 aromatic heterocycles. The van der Waals surface area contributed by atoms with Gasteiger partial charge in [-0.2, -0.15) is 0 Å². The fourth-order valence-electron chi connectivity index (χ4n) is 1.91. The van der Waals surface area contributed by atoms with Gasteiger partial charge < -0.3 is 19.8 Å². The molecular formula is C12H20Na2O4. The van der Waals surface area contributed by atoms with Crippen molar-refractivity contribution < 1.29 is 78.9 Å². The summed E-state index contributed by atoms with van der Waals surface area (Å²) in [6.07, 6.45) is 2.32. The molecule has 0 aromatic rings. The summed E-state index contributed by atoms with van der Waals surface area (Å²) < 4.78 is 0. The summed E-state index contributed by atoms with van der Waals surface area (Å²) in [7, 11) is 0. The Balaban J connectivity index is -0.00000112. The van der Waals surface area contributed by atoms with Crippen LogP contribution in [0.5, 0.6) is 0 Å². The minimum atomic E-state index is -1.90. The minimum Gasteiger partial charge on any atom is -0.549 e. The van der Waals surface area contributed by atoms with Crippen LogP contribution in [0.4, 0.5) is 0 Å². The number of carbonyl (C=O) groups excluding carboxylic acids is 2. The van der Waals surface area contributed by atoms with Crippen molar-refractivity contribution in [1.29, 1.82) is 0 Å². The molecule has 0 N–H and O–H groups in total.